The van der Waals surface area contributed by atoms with E-state index in [2.05, 4.69) is 10.5 Å². The first-order valence-electron chi connectivity index (χ1n) is 12.0. The number of carboxylic acids is 1. The monoisotopic (exact) mass is 496 g/mol. The summed E-state index contributed by atoms with van der Waals surface area (Å²) in [4.78, 5) is 41.8. The molecule has 0 heterocycles. The molecule has 1 fully saturated rings. The van der Waals surface area contributed by atoms with E-state index in [4.69, 9.17) is 9.94 Å². The maximum atomic E-state index is 12.7. The maximum absolute atomic E-state index is 12.7. The highest BCUT2D eigenvalue weighted by molar-refractivity contribution is 6.12. The molecule has 1 aliphatic carbocycles. The Morgan fingerprint density at radius 3 is 2.44 bits per heavy atom. The third kappa shape index (κ3) is 7.35. The zero-order chi connectivity index (χ0) is 26.1. The van der Waals surface area contributed by atoms with E-state index in [1.807, 2.05) is 31.2 Å². The van der Waals surface area contributed by atoms with E-state index in [0.717, 1.165) is 31.2 Å². The van der Waals surface area contributed by atoms with E-state index < -0.39 is 10.9 Å². The third-order valence-corrected chi connectivity index (χ3v) is 6.33. The highest BCUT2D eigenvalue weighted by atomic mass is 16.6. The standard InChI is InChI=1S/C26H32N4O6/c1-18-8-10-19(11-9-18)26(28-36-17-24(31)29(2)22-6-4-3-5-7-22)20-12-13-23(30(34)35)21(14-20)15-27-16-25(32)33/h8-14,22,27H,3-7,15-17H2,1-2H3,(H,32,33)/b28-26+. The van der Waals surface area contributed by atoms with Crippen molar-refractivity contribution in [1.29, 1.82) is 0 Å². The molecule has 1 saturated carbocycles. The summed E-state index contributed by atoms with van der Waals surface area (Å²) in [5.41, 5.74) is 2.90. The predicted molar refractivity (Wildman–Crippen MR) is 135 cm³/mol. The Kier molecular flexibility index (Phi) is 9.52. The molecule has 10 nitrogen and oxygen atoms in total. The lowest BCUT2D eigenvalue weighted by molar-refractivity contribution is -0.385. The predicted octanol–water partition coefficient (Wildman–Crippen LogP) is 3.64. The smallest absolute Gasteiger partial charge is 0.317 e. The molecule has 3 rings (SSSR count). The van der Waals surface area contributed by atoms with Crippen LogP contribution in [0.1, 0.15) is 54.4 Å². The summed E-state index contributed by atoms with van der Waals surface area (Å²) in [6, 6.07) is 12.3. The average molecular weight is 497 g/mol. The number of hydrogen-bond acceptors (Lipinski definition) is 7. The first-order chi connectivity index (χ1) is 17.3. The molecule has 1 aliphatic rings. The van der Waals surface area contributed by atoms with Gasteiger partial charge in [-0.25, -0.2) is 0 Å². The molecule has 0 unspecified atom stereocenters. The molecule has 0 atom stereocenters. The second-order valence-corrected chi connectivity index (χ2v) is 8.97. The van der Waals surface area contributed by atoms with Gasteiger partial charge in [-0.2, -0.15) is 0 Å². The van der Waals surface area contributed by atoms with Gasteiger partial charge < -0.3 is 20.2 Å². The summed E-state index contributed by atoms with van der Waals surface area (Å²) in [6.45, 7) is 1.39. The summed E-state index contributed by atoms with van der Waals surface area (Å²) in [7, 11) is 1.79. The average Bonchev–Trinajstić information content (AvgIpc) is 2.87. The van der Waals surface area contributed by atoms with Gasteiger partial charge >= 0.3 is 5.97 Å². The van der Waals surface area contributed by atoms with Crippen molar-refractivity contribution in [3.63, 3.8) is 0 Å². The fourth-order valence-electron chi connectivity index (χ4n) is 4.27. The number of nitrogens with one attached hydrogen (secondary N) is 1. The van der Waals surface area contributed by atoms with Crippen molar-refractivity contribution in [2.24, 2.45) is 5.16 Å². The van der Waals surface area contributed by atoms with Crippen LogP contribution in [-0.2, 0) is 21.0 Å². The largest absolute Gasteiger partial charge is 0.480 e. The number of likely N-dealkylation sites (N-methyl/N-ethyl adjacent to an activating group) is 1. The number of benzene rings is 2. The van der Waals surface area contributed by atoms with Crippen LogP contribution in [0.2, 0.25) is 0 Å². The molecule has 0 aliphatic heterocycles. The van der Waals surface area contributed by atoms with Gasteiger partial charge in [0.25, 0.3) is 11.6 Å². The summed E-state index contributed by atoms with van der Waals surface area (Å²) < 4.78 is 0. The van der Waals surface area contributed by atoms with E-state index in [0.29, 0.717) is 22.4 Å². The Labute approximate surface area is 210 Å². The Morgan fingerprint density at radius 2 is 1.81 bits per heavy atom. The quantitative estimate of drug-likeness (QED) is 0.275. The van der Waals surface area contributed by atoms with E-state index in [1.54, 1.807) is 24.1 Å². The lowest BCUT2D eigenvalue weighted by Gasteiger charge is -2.30. The van der Waals surface area contributed by atoms with Gasteiger partial charge in [0.05, 0.1) is 11.5 Å². The van der Waals surface area contributed by atoms with E-state index in [-0.39, 0.29) is 37.3 Å². The van der Waals surface area contributed by atoms with Gasteiger partial charge in [-0.3, -0.25) is 19.7 Å². The van der Waals surface area contributed by atoms with Crippen LogP contribution in [-0.4, -0.2) is 58.8 Å². The first-order valence-corrected chi connectivity index (χ1v) is 12.0. The molecule has 1 amide bonds. The minimum absolute atomic E-state index is 0.0108. The molecule has 192 valence electrons. The van der Waals surface area contributed by atoms with Gasteiger partial charge in [0.1, 0.15) is 5.71 Å². The van der Waals surface area contributed by atoms with Crippen molar-refractivity contribution in [3.8, 4) is 0 Å². The zero-order valence-electron chi connectivity index (χ0n) is 20.6. The number of nitrogens with zero attached hydrogens (tertiary/aromatic N) is 3. The number of nitro benzene ring substituents is 1. The number of carbonyl (C=O) groups is 2. The number of amides is 1. The lowest BCUT2D eigenvalue weighted by Crippen LogP contribution is -2.40. The fraction of sp³-hybridized carbons (Fsp3) is 0.423. The van der Waals surface area contributed by atoms with Gasteiger partial charge in [-0.1, -0.05) is 54.2 Å². The van der Waals surface area contributed by atoms with Crippen molar-refractivity contribution in [1.82, 2.24) is 10.2 Å². The summed E-state index contributed by atoms with van der Waals surface area (Å²) in [5, 5.41) is 27.4. The summed E-state index contributed by atoms with van der Waals surface area (Å²) >= 11 is 0. The number of nitro groups is 1. The number of rotatable bonds is 11. The Bertz CT molecular complexity index is 1110. The zero-order valence-corrected chi connectivity index (χ0v) is 20.6. The second kappa shape index (κ2) is 12.8. The molecular formula is C26H32N4O6. The Morgan fingerprint density at radius 1 is 1.14 bits per heavy atom. The molecule has 10 heteroatoms. The molecule has 0 radical (unpaired) electrons. The van der Waals surface area contributed by atoms with Crippen LogP contribution in [0.5, 0.6) is 0 Å². The molecule has 0 spiro atoms. The minimum atomic E-state index is -1.06. The van der Waals surface area contributed by atoms with Gasteiger partial charge in [0, 0.05) is 42.4 Å². The second-order valence-electron chi connectivity index (χ2n) is 8.97. The fourth-order valence-corrected chi connectivity index (χ4v) is 4.27. The number of aryl methyl sites for hydroxylation is 1. The van der Waals surface area contributed by atoms with E-state index in [9.17, 15) is 19.7 Å². The van der Waals surface area contributed by atoms with Gasteiger partial charge in [0.15, 0.2) is 6.61 Å². The lowest BCUT2D eigenvalue weighted by atomic mass is 9.94. The van der Waals surface area contributed by atoms with Crippen LogP contribution in [0.3, 0.4) is 0 Å². The van der Waals surface area contributed by atoms with Crippen LogP contribution in [0.15, 0.2) is 47.6 Å². The van der Waals surface area contributed by atoms with E-state index >= 15 is 0 Å². The van der Waals surface area contributed by atoms with Gasteiger partial charge in [-0.15, -0.1) is 0 Å². The maximum Gasteiger partial charge on any atom is 0.317 e. The van der Waals surface area contributed by atoms with Crippen LogP contribution >= 0.6 is 0 Å². The van der Waals surface area contributed by atoms with Crippen molar-refractivity contribution in [2.75, 3.05) is 20.2 Å². The molecule has 2 aromatic rings. The molecule has 0 aromatic heterocycles. The highest BCUT2D eigenvalue weighted by Gasteiger charge is 2.23. The topological polar surface area (TPSA) is 134 Å². The number of carbonyl (C=O) groups excluding carboxylic acids is 1. The molecule has 36 heavy (non-hydrogen) atoms. The third-order valence-electron chi connectivity index (χ3n) is 6.33. The number of hydrogen-bond donors (Lipinski definition) is 2. The number of carboxylic acid groups (broad SMARTS) is 1. The van der Waals surface area contributed by atoms with Crippen LogP contribution in [0.25, 0.3) is 0 Å². The molecule has 2 aromatic carbocycles. The highest BCUT2D eigenvalue weighted by Crippen LogP contribution is 2.24. The van der Waals surface area contributed by atoms with Crippen LogP contribution in [0.4, 0.5) is 5.69 Å². The van der Waals surface area contributed by atoms with Crippen LogP contribution in [0, 0.1) is 17.0 Å². The normalized spacial score (nSPS) is 14.3. The van der Waals surface area contributed by atoms with Gasteiger partial charge in [0.2, 0.25) is 0 Å². The van der Waals surface area contributed by atoms with Crippen molar-refractivity contribution >= 4 is 23.3 Å². The number of oxime groups is 1. The molecule has 0 bridgehead atoms. The van der Waals surface area contributed by atoms with Crippen molar-refractivity contribution < 1.29 is 24.5 Å². The molecule has 2 N–H and O–H groups in total. The van der Waals surface area contributed by atoms with E-state index in [1.165, 1.54) is 12.5 Å². The van der Waals surface area contributed by atoms with Gasteiger partial charge in [-0.05, 0) is 31.9 Å². The minimum Gasteiger partial charge on any atom is -0.480 e. The Balaban J connectivity index is 1.85. The summed E-state index contributed by atoms with van der Waals surface area (Å²) in [6.07, 6.45) is 5.40. The molecular weight excluding hydrogens is 464 g/mol. The Hall–Kier alpha value is -3.79. The van der Waals surface area contributed by atoms with Crippen LogP contribution < -0.4 is 5.32 Å². The first kappa shape index (κ1) is 26.8. The van der Waals surface area contributed by atoms with Crippen molar-refractivity contribution in [3.05, 3.63) is 74.8 Å². The summed E-state index contributed by atoms with van der Waals surface area (Å²) in [5.74, 6) is -1.22. The molecule has 0 saturated heterocycles. The number of aliphatic carboxylic acids is 1. The van der Waals surface area contributed by atoms with Crippen molar-refractivity contribution in [2.45, 2.75) is 51.6 Å². The SMILES string of the molecule is Cc1ccc(/C(=N\OCC(=O)N(C)C2CCCCC2)c2ccc([N+](=O)[O-])c(CNCC(=O)O)c2)cc1.